The van der Waals surface area contributed by atoms with Crippen LogP contribution in [0.5, 0.6) is 0 Å². The predicted octanol–water partition coefficient (Wildman–Crippen LogP) is 2.08. The van der Waals surface area contributed by atoms with E-state index in [1.807, 2.05) is 0 Å². The van der Waals surface area contributed by atoms with Crippen molar-refractivity contribution in [1.29, 1.82) is 0 Å². The summed E-state index contributed by atoms with van der Waals surface area (Å²) in [6.45, 7) is -0.348. The van der Waals surface area contributed by atoms with Gasteiger partial charge in [0.05, 0.1) is 17.0 Å². The summed E-state index contributed by atoms with van der Waals surface area (Å²) >= 11 is 0. The third-order valence-electron chi connectivity index (χ3n) is 4.05. The fourth-order valence-corrected chi connectivity index (χ4v) is 3.57. The molecule has 25 heavy (non-hydrogen) atoms. The van der Waals surface area contributed by atoms with Crippen molar-refractivity contribution in [2.24, 2.45) is 0 Å². The van der Waals surface area contributed by atoms with Gasteiger partial charge in [-0.3, -0.25) is 4.90 Å². The summed E-state index contributed by atoms with van der Waals surface area (Å²) in [4.78, 5) is 9.71. The van der Waals surface area contributed by atoms with Gasteiger partial charge in [-0.1, -0.05) is 0 Å². The Morgan fingerprint density at radius 3 is 2.76 bits per heavy atom. The lowest BCUT2D eigenvalue weighted by Crippen LogP contribution is -2.34. The number of hydrogen-bond acceptors (Lipinski definition) is 6. The highest BCUT2D eigenvalue weighted by atomic mass is 32.2. The predicted molar refractivity (Wildman–Crippen MR) is 87.2 cm³/mol. The molecular formula is C15H17F3N4O2S. The lowest BCUT2D eigenvalue weighted by Gasteiger charge is -2.19. The molecule has 1 N–H and O–H groups in total. The van der Waals surface area contributed by atoms with E-state index in [9.17, 15) is 21.6 Å². The van der Waals surface area contributed by atoms with Crippen molar-refractivity contribution in [3.05, 3.63) is 24.5 Å². The number of halogens is 3. The molecule has 1 fully saturated rings. The summed E-state index contributed by atoms with van der Waals surface area (Å²) in [6.07, 6.45) is -1.22. The number of fused-ring (bicyclic) bond motifs is 1. The van der Waals surface area contributed by atoms with Gasteiger partial charge in [0.15, 0.2) is 9.84 Å². The van der Waals surface area contributed by atoms with Crippen LogP contribution in [0, 0.1) is 0 Å². The van der Waals surface area contributed by atoms with Crippen LogP contribution in [-0.4, -0.2) is 61.4 Å². The first kappa shape index (κ1) is 17.9. The van der Waals surface area contributed by atoms with E-state index in [0.717, 1.165) is 6.26 Å². The van der Waals surface area contributed by atoms with Crippen LogP contribution in [0.4, 0.5) is 19.0 Å². The lowest BCUT2D eigenvalue weighted by atomic mass is 10.2. The lowest BCUT2D eigenvalue weighted by molar-refractivity contribution is -0.143. The number of aromatic nitrogens is 2. The Morgan fingerprint density at radius 1 is 1.32 bits per heavy atom. The molecule has 0 amide bonds. The average molecular weight is 374 g/mol. The van der Waals surface area contributed by atoms with Crippen LogP contribution in [0.3, 0.4) is 0 Å². The molecule has 1 atom stereocenters. The minimum atomic E-state index is -4.22. The number of rotatable bonds is 4. The maximum Gasteiger partial charge on any atom is 0.401 e. The van der Waals surface area contributed by atoms with Gasteiger partial charge in [0.2, 0.25) is 0 Å². The topological polar surface area (TPSA) is 75.2 Å². The zero-order valence-electron chi connectivity index (χ0n) is 13.4. The first-order chi connectivity index (χ1) is 11.6. The van der Waals surface area contributed by atoms with Crippen LogP contribution < -0.4 is 5.32 Å². The minimum absolute atomic E-state index is 0.142. The van der Waals surface area contributed by atoms with E-state index in [0.29, 0.717) is 29.7 Å². The van der Waals surface area contributed by atoms with Gasteiger partial charge < -0.3 is 5.32 Å². The number of nitrogens with zero attached hydrogens (tertiary/aromatic N) is 3. The molecule has 1 aliphatic rings. The smallest absolute Gasteiger partial charge is 0.365 e. The van der Waals surface area contributed by atoms with Crippen molar-refractivity contribution in [2.75, 3.05) is 31.2 Å². The second-order valence-electron chi connectivity index (χ2n) is 6.15. The molecule has 2 heterocycles. The van der Waals surface area contributed by atoms with Crippen molar-refractivity contribution in [1.82, 2.24) is 14.9 Å². The van der Waals surface area contributed by atoms with Crippen LogP contribution in [0.15, 0.2) is 29.4 Å². The van der Waals surface area contributed by atoms with Gasteiger partial charge in [-0.05, 0) is 24.6 Å². The van der Waals surface area contributed by atoms with E-state index >= 15 is 0 Å². The number of anilines is 1. The Hall–Kier alpha value is -1.94. The zero-order chi connectivity index (χ0) is 18.2. The van der Waals surface area contributed by atoms with Gasteiger partial charge >= 0.3 is 6.18 Å². The van der Waals surface area contributed by atoms with E-state index < -0.39 is 22.6 Å². The fraction of sp³-hybridized carbons (Fsp3) is 0.467. The summed E-state index contributed by atoms with van der Waals surface area (Å²) < 4.78 is 60.9. The van der Waals surface area contributed by atoms with E-state index in [1.165, 1.54) is 23.4 Å². The molecule has 1 saturated heterocycles. The summed E-state index contributed by atoms with van der Waals surface area (Å²) in [5, 5.41) is 3.65. The molecular weight excluding hydrogens is 357 g/mol. The Morgan fingerprint density at radius 2 is 2.08 bits per heavy atom. The van der Waals surface area contributed by atoms with Crippen LogP contribution in [0.1, 0.15) is 6.42 Å². The maximum absolute atomic E-state index is 12.5. The molecule has 10 heteroatoms. The Balaban J connectivity index is 1.82. The Labute approximate surface area is 143 Å². The number of nitrogens with one attached hydrogen (secondary N) is 1. The second-order valence-corrected chi connectivity index (χ2v) is 8.17. The van der Waals surface area contributed by atoms with E-state index in [4.69, 9.17) is 0 Å². The number of alkyl halides is 3. The molecule has 1 unspecified atom stereocenters. The van der Waals surface area contributed by atoms with Crippen molar-refractivity contribution >= 4 is 26.6 Å². The quantitative estimate of drug-likeness (QED) is 0.883. The minimum Gasteiger partial charge on any atom is -0.365 e. The Kier molecular flexibility index (Phi) is 4.58. The van der Waals surface area contributed by atoms with Crippen molar-refractivity contribution < 1.29 is 21.6 Å². The number of benzene rings is 1. The Bertz CT molecular complexity index is 886. The van der Waals surface area contributed by atoms with Crippen LogP contribution in [-0.2, 0) is 9.84 Å². The van der Waals surface area contributed by atoms with Crippen LogP contribution in [0.25, 0.3) is 10.9 Å². The van der Waals surface area contributed by atoms with E-state index in [2.05, 4.69) is 15.3 Å². The maximum atomic E-state index is 12.5. The molecule has 0 aliphatic carbocycles. The summed E-state index contributed by atoms with van der Waals surface area (Å²) in [5.41, 5.74) is 0.565. The molecule has 6 nitrogen and oxygen atoms in total. The molecule has 3 rings (SSSR count). The third kappa shape index (κ3) is 4.37. The molecule has 1 aromatic carbocycles. The number of sulfone groups is 1. The number of hydrogen-bond donors (Lipinski definition) is 1. The van der Waals surface area contributed by atoms with Gasteiger partial charge in [-0.2, -0.15) is 13.2 Å². The highest BCUT2D eigenvalue weighted by Gasteiger charge is 2.34. The average Bonchev–Trinajstić information content (AvgIpc) is 2.91. The fourth-order valence-electron chi connectivity index (χ4n) is 2.92. The third-order valence-corrected chi connectivity index (χ3v) is 5.16. The van der Waals surface area contributed by atoms with Gasteiger partial charge in [-0.15, -0.1) is 0 Å². The van der Waals surface area contributed by atoms with Gasteiger partial charge in [0, 0.05) is 30.8 Å². The van der Waals surface area contributed by atoms with Crippen molar-refractivity contribution in [2.45, 2.75) is 23.5 Å². The normalized spacial score (nSPS) is 19.4. The summed E-state index contributed by atoms with van der Waals surface area (Å²) in [5.74, 6) is 0.425. The molecule has 136 valence electrons. The summed E-state index contributed by atoms with van der Waals surface area (Å²) in [6, 6.07) is 4.34. The van der Waals surface area contributed by atoms with E-state index in [-0.39, 0.29) is 17.5 Å². The molecule has 0 bridgehead atoms. The van der Waals surface area contributed by atoms with Gasteiger partial charge in [-0.25, -0.2) is 18.4 Å². The standard InChI is InChI=1S/C15H17F3N4O2S/c1-25(23,24)11-2-3-13-12(6-11)14(20-9-19-13)21-10-4-5-22(7-10)8-15(16,17)18/h2-3,6,9-10H,4-5,7-8H2,1H3,(H,19,20,21). The first-order valence-electron chi connectivity index (χ1n) is 7.62. The highest BCUT2D eigenvalue weighted by molar-refractivity contribution is 7.90. The highest BCUT2D eigenvalue weighted by Crippen LogP contribution is 2.26. The SMILES string of the molecule is CS(=O)(=O)c1ccc2ncnc(NC3CCN(CC(F)(F)F)C3)c2c1. The van der Waals surface area contributed by atoms with Crippen LogP contribution >= 0.6 is 0 Å². The zero-order valence-corrected chi connectivity index (χ0v) is 14.2. The monoisotopic (exact) mass is 374 g/mol. The molecule has 0 saturated carbocycles. The molecule has 0 radical (unpaired) electrons. The number of likely N-dealkylation sites (tertiary alicyclic amines) is 1. The van der Waals surface area contributed by atoms with Crippen molar-refractivity contribution in [3.63, 3.8) is 0 Å². The molecule has 1 aliphatic heterocycles. The first-order valence-corrected chi connectivity index (χ1v) is 9.51. The molecule has 2 aromatic rings. The van der Waals surface area contributed by atoms with Crippen molar-refractivity contribution in [3.8, 4) is 0 Å². The van der Waals surface area contributed by atoms with E-state index in [1.54, 1.807) is 6.07 Å². The second kappa shape index (κ2) is 6.41. The largest absolute Gasteiger partial charge is 0.401 e. The van der Waals surface area contributed by atoms with Gasteiger partial charge in [0.25, 0.3) is 0 Å². The molecule has 0 spiro atoms. The van der Waals surface area contributed by atoms with Gasteiger partial charge in [0.1, 0.15) is 12.1 Å². The van der Waals surface area contributed by atoms with Crippen LogP contribution in [0.2, 0.25) is 0 Å². The molecule has 1 aromatic heterocycles. The summed E-state index contributed by atoms with van der Waals surface area (Å²) in [7, 11) is -3.38.